The Labute approximate surface area is 179 Å². The molecule has 0 saturated heterocycles. The van der Waals surface area contributed by atoms with Gasteiger partial charge in [0.1, 0.15) is 4.83 Å². The number of halogens is 1. The lowest BCUT2D eigenvalue weighted by Gasteiger charge is -2.13. The molecule has 2 aromatic carbocycles. The number of nitrogens with zero attached hydrogens (tertiary/aromatic N) is 2. The van der Waals surface area contributed by atoms with Crippen molar-refractivity contribution < 1.29 is 4.79 Å². The molecule has 4 aromatic rings. The molecular weight excluding hydrogens is 402 g/mol. The van der Waals surface area contributed by atoms with E-state index in [1.165, 1.54) is 16.9 Å². The van der Waals surface area contributed by atoms with Crippen LogP contribution in [-0.4, -0.2) is 21.7 Å². The molecule has 0 radical (unpaired) electrons. The van der Waals surface area contributed by atoms with E-state index >= 15 is 0 Å². The SMILES string of the molecule is Cc1nn(-c2ccc(Cl)cc2)c2sc(C(=O)NC(C)CCc3ccccc3)cc12. The van der Waals surface area contributed by atoms with Crippen molar-refractivity contribution in [2.24, 2.45) is 0 Å². The maximum absolute atomic E-state index is 12.8. The van der Waals surface area contributed by atoms with Gasteiger partial charge >= 0.3 is 0 Å². The van der Waals surface area contributed by atoms with Gasteiger partial charge in [0.2, 0.25) is 0 Å². The molecule has 0 spiro atoms. The van der Waals surface area contributed by atoms with Gasteiger partial charge in [-0.3, -0.25) is 4.79 Å². The summed E-state index contributed by atoms with van der Waals surface area (Å²) >= 11 is 7.47. The summed E-state index contributed by atoms with van der Waals surface area (Å²) in [7, 11) is 0. The zero-order valence-electron chi connectivity index (χ0n) is 16.4. The van der Waals surface area contributed by atoms with E-state index in [1.807, 2.05) is 60.1 Å². The normalized spacial score (nSPS) is 12.2. The summed E-state index contributed by atoms with van der Waals surface area (Å²) in [5.41, 5.74) is 3.12. The van der Waals surface area contributed by atoms with Gasteiger partial charge < -0.3 is 5.32 Å². The Kier molecular flexibility index (Phi) is 5.69. The maximum atomic E-state index is 12.8. The highest BCUT2D eigenvalue weighted by atomic mass is 35.5. The van der Waals surface area contributed by atoms with Gasteiger partial charge in [-0.25, -0.2) is 4.68 Å². The summed E-state index contributed by atoms with van der Waals surface area (Å²) in [5.74, 6) is -0.0335. The zero-order valence-corrected chi connectivity index (χ0v) is 17.9. The van der Waals surface area contributed by atoms with Crippen LogP contribution in [0.5, 0.6) is 0 Å². The Morgan fingerprint density at radius 2 is 1.90 bits per heavy atom. The lowest BCUT2D eigenvalue weighted by atomic mass is 10.1. The number of aryl methyl sites for hydroxylation is 2. The van der Waals surface area contributed by atoms with E-state index in [2.05, 4.69) is 29.5 Å². The Bertz CT molecular complexity index is 1130. The van der Waals surface area contributed by atoms with Gasteiger partial charge in [0, 0.05) is 16.5 Å². The number of nitrogens with one attached hydrogen (secondary N) is 1. The molecule has 0 aliphatic carbocycles. The van der Waals surface area contributed by atoms with Crippen molar-refractivity contribution in [3.8, 4) is 5.69 Å². The second-order valence-electron chi connectivity index (χ2n) is 7.20. The van der Waals surface area contributed by atoms with E-state index in [0.717, 1.165) is 34.4 Å². The summed E-state index contributed by atoms with van der Waals surface area (Å²) in [4.78, 5) is 14.5. The number of aromatic nitrogens is 2. The van der Waals surface area contributed by atoms with Crippen molar-refractivity contribution in [2.75, 3.05) is 0 Å². The van der Waals surface area contributed by atoms with Gasteiger partial charge in [-0.2, -0.15) is 5.10 Å². The predicted molar refractivity (Wildman–Crippen MR) is 120 cm³/mol. The highest BCUT2D eigenvalue weighted by Crippen LogP contribution is 2.30. The monoisotopic (exact) mass is 423 g/mol. The van der Waals surface area contributed by atoms with Crippen molar-refractivity contribution in [1.29, 1.82) is 0 Å². The second kappa shape index (κ2) is 8.39. The minimum absolute atomic E-state index is 0.0335. The van der Waals surface area contributed by atoms with Crippen LogP contribution in [0.1, 0.15) is 34.3 Å². The molecule has 1 atom stereocenters. The van der Waals surface area contributed by atoms with Crippen molar-refractivity contribution in [3.05, 3.63) is 81.8 Å². The number of carbonyl (C=O) groups is 1. The molecule has 1 N–H and O–H groups in total. The Hall–Kier alpha value is -2.63. The molecule has 2 aromatic heterocycles. The van der Waals surface area contributed by atoms with Crippen LogP contribution in [-0.2, 0) is 6.42 Å². The number of thiophene rings is 1. The molecule has 4 nitrogen and oxygen atoms in total. The summed E-state index contributed by atoms with van der Waals surface area (Å²) in [6.07, 6.45) is 1.84. The molecule has 148 valence electrons. The van der Waals surface area contributed by atoms with Crippen molar-refractivity contribution in [2.45, 2.75) is 32.7 Å². The van der Waals surface area contributed by atoms with Gasteiger partial charge in [0.15, 0.2) is 0 Å². The number of hydrogen-bond acceptors (Lipinski definition) is 3. The Balaban J connectivity index is 1.49. The average Bonchev–Trinajstić information content (AvgIpc) is 3.29. The molecule has 1 amide bonds. The van der Waals surface area contributed by atoms with Crippen LogP contribution in [0.4, 0.5) is 0 Å². The van der Waals surface area contributed by atoms with Crippen molar-refractivity contribution in [3.63, 3.8) is 0 Å². The zero-order chi connectivity index (χ0) is 20.4. The molecular formula is C23H22ClN3OS. The first-order chi connectivity index (χ1) is 14.0. The first-order valence-electron chi connectivity index (χ1n) is 9.61. The first kappa shape index (κ1) is 19.7. The molecule has 0 bridgehead atoms. The fraction of sp³-hybridized carbons (Fsp3) is 0.217. The van der Waals surface area contributed by atoms with Crippen LogP contribution in [0.2, 0.25) is 5.02 Å². The first-order valence-corrected chi connectivity index (χ1v) is 10.8. The number of carbonyl (C=O) groups excluding carboxylic acids is 1. The smallest absolute Gasteiger partial charge is 0.261 e. The van der Waals surface area contributed by atoms with E-state index in [-0.39, 0.29) is 11.9 Å². The van der Waals surface area contributed by atoms with Gasteiger partial charge in [0.25, 0.3) is 5.91 Å². The van der Waals surface area contributed by atoms with Crippen LogP contribution >= 0.6 is 22.9 Å². The van der Waals surface area contributed by atoms with Gasteiger partial charge in [-0.15, -0.1) is 11.3 Å². The number of rotatable bonds is 6. The van der Waals surface area contributed by atoms with E-state index in [4.69, 9.17) is 11.6 Å². The average molecular weight is 424 g/mol. The summed E-state index contributed by atoms with van der Waals surface area (Å²) in [6.45, 7) is 4.01. The molecule has 0 aliphatic heterocycles. The van der Waals surface area contributed by atoms with Gasteiger partial charge in [-0.1, -0.05) is 41.9 Å². The standard InChI is InChI=1S/C23H22ClN3OS/c1-15(8-9-17-6-4-3-5-7-17)25-22(28)21-14-20-16(2)26-27(23(20)29-21)19-12-10-18(24)11-13-19/h3-7,10-15H,8-9H2,1-2H3,(H,25,28). The quantitative estimate of drug-likeness (QED) is 0.426. The Morgan fingerprint density at radius 3 is 2.62 bits per heavy atom. The van der Waals surface area contributed by atoms with Crippen molar-refractivity contribution in [1.82, 2.24) is 15.1 Å². The third kappa shape index (κ3) is 4.36. The second-order valence-corrected chi connectivity index (χ2v) is 8.67. The predicted octanol–water partition coefficient (Wildman–Crippen LogP) is 5.80. The van der Waals surface area contributed by atoms with Crippen LogP contribution in [0.25, 0.3) is 15.9 Å². The van der Waals surface area contributed by atoms with Gasteiger partial charge in [0.05, 0.1) is 16.3 Å². The lowest BCUT2D eigenvalue weighted by Crippen LogP contribution is -2.32. The number of amides is 1. The van der Waals surface area contributed by atoms with Crippen LogP contribution in [0, 0.1) is 6.92 Å². The van der Waals surface area contributed by atoms with Crippen LogP contribution < -0.4 is 5.32 Å². The number of benzene rings is 2. The fourth-order valence-corrected chi connectivity index (χ4v) is 4.52. The molecule has 0 fully saturated rings. The van der Waals surface area contributed by atoms with E-state index in [0.29, 0.717) is 9.90 Å². The minimum Gasteiger partial charge on any atom is -0.349 e. The van der Waals surface area contributed by atoms with Crippen LogP contribution in [0.3, 0.4) is 0 Å². The Morgan fingerprint density at radius 1 is 1.17 bits per heavy atom. The van der Waals surface area contributed by atoms with E-state index in [9.17, 15) is 4.79 Å². The molecule has 1 unspecified atom stereocenters. The lowest BCUT2D eigenvalue weighted by molar-refractivity contribution is 0.0942. The largest absolute Gasteiger partial charge is 0.349 e. The van der Waals surface area contributed by atoms with Gasteiger partial charge in [-0.05, 0) is 62.6 Å². The fourth-order valence-electron chi connectivity index (χ4n) is 3.31. The minimum atomic E-state index is -0.0335. The summed E-state index contributed by atoms with van der Waals surface area (Å²) in [5, 5.41) is 9.45. The molecule has 0 aliphatic rings. The highest BCUT2D eigenvalue weighted by Gasteiger charge is 2.18. The molecule has 2 heterocycles. The van der Waals surface area contributed by atoms with E-state index in [1.54, 1.807) is 0 Å². The molecule has 0 saturated carbocycles. The topological polar surface area (TPSA) is 46.9 Å². The van der Waals surface area contributed by atoms with Crippen molar-refractivity contribution >= 4 is 39.1 Å². The van der Waals surface area contributed by atoms with Crippen LogP contribution in [0.15, 0.2) is 60.7 Å². The number of hydrogen-bond donors (Lipinski definition) is 1. The maximum Gasteiger partial charge on any atom is 0.261 e. The van der Waals surface area contributed by atoms with E-state index < -0.39 is 0 Å². The highest BCUT2D eigenvalue weighted by molar-refractivity contribution is 7.20. The molecule has 6 heteroatoms. The third-order valence-electron chi connectivity index (χ3n) is 4.93. The third-order valence-corrected chi connectivity index (χ3v) is 6.29. The molecule has 29 heavy (non-hydrogen) atoms. The summed E-state index contributed by atoms with van der Waals surface area (Å²) < 4.78 is 1.88. The molecule has 4 rings (SSSR count). The number of fused-ring (bicyclic) bond motifs is 1. The summed E-state index contributed by atoms with van der Waals surface area (Å²) in [6, 6.07) is 19.9.